The van der Waals surface area contributed by atoms with Gasteiger partial charge >= 0.3 is 11.7 Å². The molecule has 6 heteroatoms. The van der Waals surface area contributed by atoms with E-state index < -0.39 is 11.1 Å². The van der Waals surface area contributed by atoms with Gasteiger partial charge in [-0.25, -0.2) is 9.89 Å². The first kappa shape index (κ1) is 8.03. The number of hydrogen-bond acceptors (Lipinski definition) is 4. The maximum absolute atomic E-state index is 11.3. The lowest BCUT2D eigenvalue weighted by atomic mass is 10.1. The first-order valence-electron chi connectivity index (χ1n) is 3.92. The number of hydrogen-bond donors (Lipinski definition) is 2. The minimum atomic E-state index is -0.687. The van der Waals surface area contributed by atoms with E-state index in [1.165, 1.54) is 7.11 Å². The molecule has 1 aromatic rings. The largest absolute Gasteiger partial charge is 0.468 e. The summed E-state index contributed by atoms with van der Waals surface area (Å²) in [7, 11) is 1.33. The van der Waals surface area contributed by atoms with E-state index in [1.54, 1.807) is 0 Å². The molecule has 70 valence electrons. The molecule has 1 saturated carbocycles. The second kappa shape index (κ2) is 2.45. The van der Waals surface area contributed by atoms with Crippen LogP contribution in [0.3, 0.4) is 0 Å². The molecule has 0 aliphatic heterocycles. The Kier molecular flexibility index (Phi) is 1.51. The molecule has 0 saturated heterocycles. The van der Waals surface area contributed by atoms with Crippen molar-refractivity contribution in [3.63, 3.8) is 0 Å². The van der Waals surface area contributed by atoms with E-state index in [9.17, 15) is 9.59 Å². The average Bonchev–Trinajstić information content (AvgIpc) is 2.83. The smallest absolute Gasteiger partial charge is 0.340 e. The number of nitrogens with zero attached hydrogens (tertiary/aromatic N) is 1. The van der Waals surface area contributed by atoms with Crippen LogP contribution in [0.4, 0.5) is 0 Å². The standard InChI is InChI=1S/C7H9N3O3/c1-13-5(11)7(2-3-7)4-8-6(12)10-9-4/h2-3H2,1H3,(H2,8,9,10,12). The highest BCUT2D eigenvalue weighted by Crippen LogP contribution is 2.47. The fraction of sp³-hybridized carbons (Fsp3) is 0.571. The Bertz CT molecular complexity index is 388. The summed E-state index contributed by atoms with van der Waals surface area (Å²) in [5.41, 5.74) is -1.08. The maximum Gasteiger partial charge on any atom is 0.340 e. The summed E-state index contributed by atoms with van der Waals surface area (Å²) in [4.78, 5) is 24.5. The van der Waals surface area contributed by atoms with Crippen LogP contribution < -0.4 is 5.69 Å². The van der Waals surface area contributed by atoms with Gasteiger partial charge in [-0.1, -0.05) is 0 Å². The molecule has 1 aromatic heterocycles. The maximum atomic E-state index is 11.3. The summed E-state index contributed by atoms with van der Waals surface area (Å²) >= 11 is 0. The van der Waals surface area contributed by atoms with Gasteiger partial charge in [-0.05, 0) is 12.8 Å². The van der Waals surface area contributed by atoms with Crippen LogP contribution in [0, 0.1) is 0 Å². The lowest BCUT2D eigenvalue weighted by Crippen LogP contribution is -2.23. The molecule has 0 spiro atoms. The van der Waals surface area contributed by atoms with Crippen molar-refractivity contribution in [3.05, 3.63) is 16.3 Å². The summed E-state index contributed by atoms with van der Waals surface area (Å²) in [6.07, 6.45) is 1.36. The summed E-state index contributed by atoms with van der Waals surface area (Å²) in [5.74, 6) is 0.0413. The topological polar surface area (TPSA) is 87.8 Å². The minimum absolute atomic E-state index is 0.338. The van der Waals surface area contributed by atoms with E-state index in [2.05, 4.69) is 19.9 Å². The Hall–Kier alpha value is -1.59. The SMILES string of the molecule is COC(=O)C1(c2n[nH]c(=O)[nH]2)CC1. The van der Waals surface area contributed by atoms with Gasteiger partial charge in [-0.2, -0.15) is 5.10 Å². The van der Waals surface area contributed by atoms with Crippen molar-refractivity contribution in [1.82, 2.24) is 15.2 Å². The van der Waals surface area contributed by atoms with E-state index in [0.717, 1.165) is 0 Å². The van der Waals surface area contributed by atoms with E-state index in [-0.39, 0.29) is 5.97 Å². The normalized spacial score (nSPS) is 18.2. The lowest BCUT2D eigenvalue weighted by molar-refractivity contribution is -0.143. The molecule has 2 rings (SSSR count). The number of nitrogens with one attached hydrogen (secondary N) is 2. The van der Waals surface area contributed by atoms with Gasteiger partial charge in [0.1, 0.15) is 11.2 Å². The quantitative estimate of drug-likeness (QED) is 0.593. The second-order valence-electron chi connectivity index (χ2n) is 3.10. The van der Waals surface area contributed by atoms with Crippen LogP contribution in [0.15, 0.2) is 4.79 Å². The highest BCUT2D eigenvalue weighted by molar-refractivity contribution is 5.85. The van der Waals surface area contributed by atoms with Crippen LogP contribution in [-0.4, -0.2) is 28.3 Å². The van der Waals surface area contributed by atoms with Gasteiger partial charge in [0.05, 0.1) is 7.11 Å². The number of H-pyrrole nitrogens is 2. The molecule has 0 unspecified atom stereocenters. The van der Waals surface area contributed by atoms with Gasteiger partial charge in [0, 0.05) is 0 Å². The number of carbonyl (C=O) groups excluding carboxylic acids is 1. The summed E-state index contributed by atoms with van der Waals surface area (Å²) in [6, 6.07) is 0. The number of methoxy groups -OCH3 is 1. The van der Waals surface area contributed by atoms with Crippen molar-refractivity contribution in [2.75, 3.05) is 7.11 Å². The molecule has 0 bridgehead atoms. The number of carbonyl (C=O) groups is 1. The summed E-state index contributed by atoms with van der Waals surface area (Å²) < 4.78 is 4.63. The third-order valence-corrected chi connectivity index (χ3v) is 2.28. The van der Waals surface area contributed by atoms with Gasteiger partial charge in [-0.3, -0.25) is 9.78 Å². The van der Waals surface area contributed by atoms with Crippen LogP contribution in [0.5, 0.6) is 0 Å². The molecule has 0 atom stereocenters. The van der Waals surface area contributed by atoms with Gasteiger partial charge in [0.15, 0.2) is 0 Å². The molecule has 6 nitrogen and oxygen atoms in total. The van der Waals surface area contributed by atoms with Crippen LogP contribution in [-0.2, 0) is 14.9 Å². The zero-order valence-corrected chi connectivity index (χ0v) is 7.09. The molecular weight excluding hydrogens is 174 g/mol. The Morgan fingerprint density at radius 3 is 2.69 bits per heavy atom. The zero-order chi connectivity index (χ0) is 9.47. The summed E-state index contributed by atoms with van der Waals surface area (Å²) in [6.45, 7) is 0. The van der Waals surface area contributed by atoms with Gasteiger partial charge in [0.25, 0.3) is 0 Å². The highest BCUT2D eigenvalue weighted by Gasteiger charge is 2.55. The number of aromatic nitrogens is 3. The Morgan fingerprint density at radius 2 is 2.31 bits per heavy atom. The first-order valence-corrected chi connectivity index (χ1v) is 3.92. The van der Waals surface area contributed by atoms with Crippen molar-refractivity contribution in [3.8, 4) is 0 Å². The molecule has 1 fully saturated rings. The fourth-order valence-corrected chi connectivity index (χ4v) is 1.35. The second-order valence-corrected chi connectivity index (χ2v) is 3.10. The molecule has 1 aliphatic carbocycles. The van der Waals surface area contributed by atoms with Crippen molar-refractivity contribution in [2.45, 2.75) is 18.3 Å². The Labute approximate surface area is 73.3 Å². The monoisotopic (exact) mass is 183 g/mol. The molecule has 1 heterocycles. The number of ether oxygens (including phenoxy) is 1. The lowest BCUT2D eigenvalue weighted by Gasteiger charge is -2.07. The molecule has 0 amide bonds. The van der Waals surface area contributed by atoms with Crippen LogP contribution >= 0.6 is 0 Å². The zero-order valence-electron chi connectivity index (χ0n) is 7.09. The first-order chi connectivity index (χ1) is 6.19. The highest BCUT2D eigenvalue weighted by atomic mass is 16.5. The molecule has 0 radical (unpaired) electrons. The number of rotatable bonds is 2. The predicted octanol–water partition coefficient (Wildman–Crippen LogP) is -0.697. The van der Waals surface area contributed by atoms with Crippen molar-refractivity contribution in [1.29, 1.82) is 0 Å². The molecule has 2 N–H and O–H groups in total. The molecule has 1 aliphatic rings. The van der Waals surface area contributed by atoms with Crippen LogP contribution in [0.25, 0.3) is 0 Å². The molecule has 0 aromatic carbocycles. The fourth-order valence-electron chi connectivity index (χ4n) is 1.35. The predicted molar refractivity (Wildman–Crippen MR) is 42.1 cm³/mol. The number of esters is 1. The minimum Gasteiger partial charge on any atom is -0.468 e. The van der Waals surface area contributed by atoms with Gasteiger partial charge < -0.3 is 4.74 Å². The van der Waals surface area contributed by atoms with Crippen molar-refractivity contribution >= 4 is 5.97 Å². The van der Waals surface area contributed by atoms with Gasteiger partial charge in [-0.15, -0.1) is 0 Å². The van der Waals surface area contributed by atoms with E-state index >= 15 is 0 Å². The van der Waals surface area contributed by atoms with E-state index in [4.69, 9.17) is 0 Å². The van der Waals surface area contributed by atoms with E-state index in [1.807, 2.05) is 0 Å². The van der Waals surface area contributed by atoms with Crippen molar-refractivity contribution < 1.29 is 9.53 Å². The Balaban J connectivity index is 2.35. The molecular formula is C7H9N3O3. The Morgan fingerprint density at radius 1 is 1.62 bits per heavy atom. The third kappa shape index (κ3) is 1.06. The van der Waals surface area contributed by atoms with E-state index in [0.29, 0.717) is 18.7 Å². The number of aromatic amines is 2. The third-order valence-electron chi connectivity index (χ3n) is 2.28. The molecule has 13 heavy (non-hydrogen) atoms. The van der Waals surface area contributed by atoms with Gasteiger partial charge in [0.2, 0.25) is 0 Å². The van der Waals surface area contributed by atoms with Crippen LogP contribution in [0.2, 0.25) is 0 Å². The van der Waals surface area contributed by atoms with Crippen LogP contribution in [0.1, 0.15) is 18.7 Å². The van der Waals surface area contributed by atoms with Crippen molar-refractivity contribution in [2.24, 2.45) is 0 Å². The average molecular weight is 183 g/mol. The summed E-state index contributed by atoms with van der Waals surface area (Å²) in [5, 5.41) is 5.95.